The van der Waals surface area contributed by atoms with Crippen LogP contribution in [0.25, 0.3) is 21.9 Å². The quantitative estimate of drug-likeness (QED) is 0.519. The second kappa shape index (κ2) is 7.79. The molecule has 0 atom stereocenters. The van der Waals surface area contributed by atoms with Crippen LogP contribution >= 0.6 is 0 Å². The molecule has 152 valence electrons. The van der Waals surface area contributed by atoms with Crippen LogP contribution in [0.4, 0.5) is 8.78 Å². The molecular weight excluding hydrogens is 376 g/mol. The van der Waals surface area contributed by atoms with E-state index >= 15 is 0 Å². The van der Waals surface area contributed by atoms with Crippen LogP contribution in [0.3, 0.4) is 0 Å². The summed E-state index contributed by atoms with van der Waals surface area (Å²) in [6.45, 7) is 1.22. The maximum atomic E-state index is 12.8. The first-order valence-corrected chi connectivity index (χ1v) is 9.58. The first kappa shape index (κ1) is 19.3. The highest BCUT2D eigenvalue weighted by molar-refractivity contribution is 5.82. The molecule has 0 aliphatic rings. The van der Waals surface area contributed by atoms with Crippen LogP contribution in [-0.2, 0) is 26.7 Å². The summed E-state index contributed by atoms with van der Waals surface area (Å²) in [6.07, 6.45) is 1.21. The molecule has 3 heterocycles. The fourth-order valence-electron chi connectivity index (χ4n) is 3.88. The fraction of sp³-hybridized carbons (Fsp3) is 0.333. The molecule has 0 radical (unpaired) electrons. The Morgan fingerprint density at radius 3 is 2.69 bits per heavy atom. The predicted molar refractivity (Wildman–Crippen MR) is 109 cm³/mol. The van der Waals surface area contributed by atoms with E-state index in [0.717, 1.165) is 33.2 Å². The molecule has 2 N–H and O–H groups in total. The average Bonchev–Trinajstić information content (AvgIpc) is 3.18. The molecule has 0 saturated heterocycles. The summed E-state index contributed by atoms with van der Waals surface area (Å²) in [4.78, 5) is 16.9. The van der Waals surface area contributed by atoms with Crippen LogP contribution in [0.5, 0.6) is 0 Å². The van der Waals surface area contributed by atoms with E-state index in [9.17, 15) is 13.6 Å². The van der Waals surface area contributed by atoms with E-state index in [2.05, 4.69) is 4.98 Å². The third kappa shape index (κ3) is 3.55. The molecule has 6 nitrogen and oxygen atoms in total. The van der Waals surface area contributed by atoms with E-state index in [1.165, 1.54) is 0 Å². The Morgan fingerprint density at radius 1 is 1.10 bits per heavy atom. The van der Waals surface area contributed by atoms with Gasteiger partial charge in [-0.2, -0.15) is 0 Å². The SMILES string of the molecule is Cn1c(=O)n(Cc2cc3cc(CN)ccc3n2CCCC(F)F)c2cnccc21. The number of imidazole rings is 1. The van der Waals surface area contributed by atoms with Gasteiger partial charge in [-0.05, 0) is 36.2 Å². The molecule has 0 unspecified atom stereocenters. The van der Waals surface area contributed by atoms with Crippen LogP contribution in [0.15, 0.2) is 47.5 Å². The molecular formula is C21H23F2N5O. The Kier molecular flexibility index (Phi) is 5.19. The summed E-state index contributed by atoms with van der Waals surface area (Å²) < 4.78 is 30.6. The molecule has 4 rings (SSSR count). The lowest BCUT2D eigenvalue weighted by Crippen LogP contribution is -2.23. The normalized spacial score (nSPS) is 11.9. The zero-order valence-corrected chi connectivity index (χ0v) is 16.2. The van der Waals surface area contributed by atoms with Crippen molar-refractivity contribution in [2.75, 3.05) is 0 Å². The molecule has 1 aromatic carbocycles. The standard InChI is InChI=1S/C21H23F2N5O/c1-26-18-6-7-25-12-19(18)28(21(26)29)13-16-10-15-9-14(11-24)4-5-17(15)27(16)8-2-3-20(22)23/h4-7,9-10,12,20H,2-3,8,11,13,24H2,1H3. The minimum absolute atomic E-state index is 0.139. The Balaban J connectivity index is 1.80. The highest BCUT2D eigenvalue weighted by atomic mass is 19.3. The molecule has 3 aromatic heterocycles. The number of hydrogen-bond acceptors (Lipinski definition) is 3. The van der Waals surface area contributed by atoms with Crippen molar-refractivity contribution in [2.45, 2.75) is 38.9 Å². The van der Waals surface area contributed by atoms with Crippen molar-refractivity contribution < 1.29 is 8.78 Å². The van der Waals surface area contributed by atoms with Crippen LogP contribution < -0.4 is 11.4 Å². The number of nitrogens with two attached hydrogens (primary N) is 1. The smallest absolute Gasteiger partial charge is 0.329 e. The van der Waals surface area contributed by atoms with Crippen molar-refractivity contribution >= 4 is 21.9 Å². The van der Waals surface area contributed by atoms with E-state index in [-0.39, 0.29) is 12.1 Å². The second-order valence-electron chi connectivity index (χ2n) is 7.21. The monoisotopic (exact) mass is 399 g/mol. The third-order valence-corrected chi connectivity index (χ3v) is 5.36. The first-order chi connectivity index (χ1) is 14.0. The minimum atomic E-state index is -2.32. The third-order valence-electron chi connectivity index (χ3n) is 5.36. The number of rotatable bonds is 7. The van der Waals surface area contributed by atoms with Gasteiger partial charge < -0.3 is 10.3 Å². The van der Waals surface area contributed by atoms with Crippen molar-refractivity contribution in [1.29, 1.82) is 0 Å². The summed E-state index contributed by atoms with van der Waals surface area (Å²) in [7, 11) is 1.73. The molecule has 0 spiro atoms. The number of halogens is 2. The van der Waals surface area contributed by atoms with Gasteiger partial charge >= 0.3 is 5.69 Å². The van der Waals surface area contributed by atoms with E-state index in [4.69, 9.17) is 5.73 Å². The van der Waals surface area contributed by atoms with Gasteiger partial charge in [0, 0.05) is 49.4 Å². The molecule has 0 aliphatic heterocycles. The second-order valence-corrected chi connectivity index (χ2v) is 7.21. The van der Waals surface area contributed by atoms with Crippen LogP contribution in [0.2, 0.25) is 0 Å². The zero-order chi connectivity index (χ0) is 20.5. The number of alkyl halides is 2. The Hall–Kier alpha value is -3.00. The molecule has 0 fully saturated rings. The van der Waals surface area contributed by atoms with E-state index in [0.29, 0.717) is 26.1 Å². The lowest BCUT2D eigenvalue weighted by atomic mass is 10.1. The van der Waals surface area contributed by atoms with Gasteiger partial charge in [0.25, 0.3) is 0 Å². The fourth-order valence-corrected chi connectivity index (χ4v) is 3.88. The Morgan fingerprint density at radius 2 is 1.93 bits per heavy atom. The topological polar surface area (TPSA) is 70.8 Å². The maximum absolute atomic E-state index is 12.8. The van der Waals surface area contributed by atoms with E-state index in [1.807, 2.05) is 28.8 Å². The summed E-state index contributed by atoms with van der Waals surface area (Å²) in [5.74, 6) is 0. The number of aromatic nitrogens is 4. The van der Waals surface area contributed by atoms with Gasteiger partial charge in [0.05, 0.1) is 23.8 Å². The van der Waals surface area contributed by atoms with Gasteiger partial charge in [-0.1, -0.05) is 6.07 Å². The van der Waals surface area contributed by atoms with E-state index in [1.54, 1.807) is 34.6 Å². The van der Waals surface area contributed by atoms with Gasteiger partial charge in [0.15, 0.2) is 0 Å². The zero-order valence-electron chi connectivity index (χ0n) is 16.2. The van der Waals surface area contributed by atoms with Crippen molar-refractivity contribution in [1.82, 2.24) is 18.7 Å². The van der Waals surface area contributed by atoms with Gasteiger partial charge in [-0.25, -0.2) is 13.6 Å². The van der Waals surface area contributed by atoms with Gasteiger partial charge in [-0.15, -0.1) is 0 Å². The highest BCUT2D eigenvalue weighted by Crippen LogP contribution is 2.24. The number of fused-ring (bicyclic) bond motifs is 2. The van der Waals surface area contributed by atoms with Gasteiger partial charge in [0.2, 0.25) is 6.43 Å². The first-order valence-electron chi connectivity index (χ1n) is 9.58. The number of aryl methyl sites for hydroxylation is 2. The molecule has 0 amide bonds. The Labute approximate surface area is 166 Å². The van der Waals surface area contributed by atoms with E-state index < -0.39 is 6.43 Å². The van der Waals surface area contributed by atoms with Crippen molar-refractivity contribution in [3.05, 3.63) is 64.5 Å². The number of pyridine rings is 1. The largest absolute Gasteiger partial charge is 0.343 e. The Bertz CT molecular complexity index is 1220. The number of benzene rings is 1. The summed E-state index contributed by atoms with van der Waals surface area (Å²) in [5, 5.41) is 0.992. The van der Waals surface area contributed by atoms with Crippen molar-refractivity contribution in [2.24, 2.45) is 12.8 Å². The maximum Gasteiger partial charge on any atom is 0.329 e. The van der Waals surface area contributed by atoms with Crippen molar-refractivity contribution in [3.8, 4) is 0 Å². The van der Waals surface area contributed by atoms with Gasteiger partial charge in [0.1, 0.15) is 0 Å². The number of nitrogens with zero attached hydrogens (tertiary/aromatic N) is 4. The molecule has 4 aromatic rings. The predicted octanol–water partition coefficient (Wildman–Crippen LogP) is 3.24. The number of hydrogen-bond donors (Lipinski definition) is 1. The molecule has 0 aliphatic carbocycles. The molecule has 0 saturated carbocycles. The average molecular weight is 399 g/mol. The minimum Gasteiger partial charge on any atom is -0.343 e. The molecule has 0 bridgehead atoms. The lowest BCUT2D eigenvalue weighted by Gasteiger charge is -2.12. The lowest BCUT2D eigenvalue weighted by molar-refractivity contribution is 0.133. The van der Waals surface area contributed by atoms with Gasteiger partial charge in [-0.3, -0.25) is 14.1 Å². The highest BCUT2D eigenvalue weighted by Gasteiger charge is 2.15. The van der Waals surface area contributed by atoms with Crippen molar-refractivity contribution in [3.63, 3.8) is 0 Å². The summed E-state index contributed by atoms with van der Waals surface area (Å²) >= 11 is 0. The van der Waals surface area contributed by atoms with Crippen LogP contribution in [0, 0.1) is 0 Å². The van der Waals surface area contributed by atoms with Crippen LogP contribution in [0.1, 0.15) is 24.1 Å². The molecule has 8 heteroatoms. The summed E-state index contributed by atoms with van der Waals surface area (Å²) in [5.41, 5.74) is 10.0. The molecule has 29 heavy (non-hydrogen) atoms. The van der Waals surface area contributed by atoms with Crippen LogP contribution in [-0.4, -0.2) is 25.1 Å². The summed E-state index contributed by atoms with van der Waals surface area (Å²) in [6, 6.07) is 9.74.